The van der Waals surface area contributed by atoms with Crippen molar-refractivity contribution in [1.82, 2.24) is 4.98 Å². The molecular formula is C16H24N2O3. The van der Waals surface area contributed by atoms with Gasteiger partial charge in [-0.3, -0.25) is 0 Å². The number of carboxylic acids is 1. The number of ether oxygens (including phenoxy) is 1. The Bertz CT molecular complexity index is 523. The first kappa shape index (κ1) is 15.8. The largest absolute Gasteiger partial charge is 0.478 e. The number of anilines is 1. The van der Waals surface area contributed by atoms with Gasteiger partial charge in [0.2, 0.25) is 0 Å². The fraction of sp³-hybridized carbons (Fsp3) is 0.625. The maximum absolute atomic E-state index is 11.3. The third kappa shape index (κ3) is 3.73. The van der Waals surface area contributed by atoms with Crippen molar-refractivity contribution in [3.63, 3.8) is 0 Å². The maximum Gasteiger partial charge on any atom is 0.335 e. The minimum Gasteiger partial charge on any atom is -0.478 e. The smallest absolute Gasteiger partial charge is 0.335 e. The van der Waals surface area contributed by atoms with Crippen LogP contribution in [0.15, 0.2) is 12.1 Å². The molecule has 1 fully saturated rings. The Balaban J connectivity index is 2.31. The highest BCUT2D eigenvalue weighted by molar-refractivity contribution is 5.88. The van der Waals surface area contributed by atoms with Crippen molar-refractivity contribution in [3.05, 3.63) is 23.4 Å². The Morgan fingerprint density at radius 3 is 2.76 bits per heavy atom. The first-order chi connectivity index (χ1) is 9.81. The Kier molecular flexibility index (Phi) is 4.52. The quantitative estimate of drug-likeness (QED) is 0.924. The molecule has 1 aromatic rings. The summed E-state index contributed by atoms with van der Waals surface area (Å²) in [6.45, 7) is 8.63. The molecule has 116 valence electrons. The van der Waals surface area contributed by atoms with Crippen LogP contribution in [-0.2, 0) is 10.2 Å². The van der Waals surface area contributed by atoms with E-state index in [0.717, 1.165) is 37.6 Å². The Hall–Kier alpha value is -1.62. The Labute approximate surface area is 125 Å². The number of aromatic carboxylic acids is 1. The monoisotopic (exact) mass is 292 g/mol. The second kappa shape index (κ2) is 6.02. The van der Waals surface area contributed by atoms with E-state index in [1.807, 2.05) is 20.8 Å². The number of aromatic nitrogens is 1. The zero-order valence-electron chi connectivity index (χ0n) is 13.2. The van der Waals surface area contributed by atoms with Crippen LogP contribution >= 0.6 is 0 Å². The number of carbonyl (C=O) groups is 1. The topological polar surface area (TPSA) is 62.7 Å². The molecule has 1 aliphatic heterocycles. The highest BCUT2D eigenvalue weighted by Gasteiger charge is 2.26. The van der Waals surface area contributed by atoms with Crippen LogP contribution in [0.5, 0.6) is 0 Å². The fourth-order valence-corrected chi connectivity index (χ4v) is 2.60. The predicted molar refractivity (Wildman–Crippen MR) is 82.1 cm³/mol. The highest BCUT2D eigenvalue weighted by Crippen LogP contribution is 2.28. The standard InChI is InChI=1S/C16H24N2O3/c1-16(2,3)13-7-12(15(19)20)8-14(17-13)18-6-5-11(9-18)10-21-4/h7-8,11H,5-6,9-10H2,1-4H3,(H,19,20). The molecule has 0 bridgehead atoms. The van der Waals surface area contributed by atoms with E-state index in [2.05, 4.69) is 9.88 Å². The lowest BCUT2D eigenvalue weighted by Crippen LogP contribution is -2.24. The summed E-state index contributed by atoms with van der Waals surface area (Å²) in [6, 6.07) is 3.35. The third-order valence-corrected chi connectivity index (χ3v) is 3.84. The molecule has 0 amide bonds. The van der Waals surface area contributed by atoms with Crippen molar-refractivity contribution in [1.29, 1.82) is 0 Å². The molecule has 0 radical (unpaired) electrons. The molecule has 1 unspecified atom stereocenters. The Morgan fingerprint density at radius 2 is 2.19 bits per heavy atom. The normalized spacial score (nSPS) is 19.0. The maximum atomic E-state index is 11.3. The number of hydrogen-bond donors (Lipinski definition) is 1. The predicted octanol–water partition coefficient (Wildman–Crippen LogP) is 2.55. The van der Waals surface area contributed by atoms with Crippen molar-refractivity contribution < 1.29 is 14.6 Å². The molecule has 0 saturated carbocycles. The van der Waals surface area contributed by atoms with E-state index in [1.165, 1.54) is 0 Å². The molecule has 0 spiro atoms. The lowest BCUT2D eigenvalue weighted by molar-refractivity contribution is 0.0696. The summed E-state index contributed by atoms with van der Waals surface area (Å²) in [5, 5.41) is 9.31. The average molecular weight is 292 g/mol. The molecule has 2 rings (SSSR count). The molecule has 1 aliphatic rings. The molecule has 0 aliphatic carbocycles. The van der Waals surface area contributed by atoms with E-state index < -0.39 is 5.97 Å². The summed E-state index contributed by atoms with van der Waals surface area (Å²) < 4.78 is 5.21. The minimum atomic E-state index is -0.906. The van der Waals surface area contributed by atoms with Gasteiger partial charge in [0.25, 0.3) is 0 Å². The first-order valence-electron chi connectivity index (χ1n) is 7.31. The van der Waals surface area contributed by atoms with Crippen LogP contribution in [0.25, 0.3) is 0 Å². The van der Waals surface area contributed by atoms with Crippen molar-refractivity contribution in [2.45, 2.75) is 32.6 Å². The van der Waals surface area contributed by atoms with E-state index in [0.29, 0.717) is 11.5 Å². The average Bonchev–Trinajstić information content (AvgIpc) is 2.86. The second-order valence-corrected chi connectivity index (χ2v) is 6.71. The summed E-state index contributed by atoms with van der Waals surface area (Å²) in [5.41, 5.74) is 0.944. The van der Waals surface area contributed by atoms with Gasteiger partial charge in [0, 0.05) is 37.2 Å². The van der Waals surface area contributed by atoms with Crippen molar-refractivity contribution in [2.75, 3.05) is 31.7 Å². The van der Waals surface area contributed by atoms with E-state index >= 15 is 0 Å². The van der Waals surface area contributed by atoms with Gasteiger partial charge in [-0.1, -0.05) is 20.8 Å². The summed E-state index contributed by atoms with van der Waals surface area (Å²) >= 11 is 0. The zero-order chi connectivity index (χ0) is 15.6. The van der Waals surface area contributed by atoms with Crippen LogP contribution in [0.3, 0.4) is 0 Å². The number of pyridine rings is 1. The fourth-order valence-electron chi connectivity index (χ4n) is 2.60. The van der Waals surface area contributed by atoms with Gasteiger partial charge < -0.3 is 14.7 Å². The first-order valence-corrected chi connectivity index (χ1v) is 7.31. The molecular weight excluding hydrogens is 268 g/mol. The molecule has 1 aromatic heterocycles. The van der Waals surface area contributed by atoms with Gasteiger partial charge in [-0.15, -0.1) is 0 Å². The summed E-state index contributed by atoms with van der Waals surface area (Å²) in [4.78, 5) is 18.2. The second-order valence-electron chi connectivity index (χ2n) is 6.71. The van der Waals surface area contributed by atoms with Crippen LogP contribution in [-0.4, -0.2) is 42.9 Å². The van der Waals surface area contributed by atoms with Crippen molar-refractivity contribution in [2.24, 2.45) is 5.92 Å². The molecule has 5 heteroatoms. The summed E-state index contributed by atoms with van der Waals surface area (Å²) in [5.74, 6) is 0.346. The van der Waals surface area contributed by atoms with Crippen LogP contribution in [0.2, 0.25) is 0 Å². The van der Waals surface area contributed by atoms with E-state index in [-0.39, 0.29) is 5.41 Å². The van der Waals surface area contributed by atoms with Gasteiger partial charge in [-0.25, -0.2) is 9.78 Å². The molecule has 5 nitrogen and oxygen atoms in total. The van der Waals surface area contributed by atoms with Crippen LogP contribution < -0.4 is 4.90 Å². The highest BCUT2D eigenvalue weighted by atomic mass is 16.5. The molecule has 1 saturated heterocycles. The molecule has 1 N–H and O–H groups in total. The molecule has 21 heavy (non-hydrogen) atoms. The third-order valence-electron chi connectivity index (χ3n) is 3.84. The summed E-state index contributed by atoms with van der Waals surface area (Å²) in [6.07, 6.45) is 1.05. The SMILES string of the molecule is COCC1CCN(c2cc(C(=O)O)cc(C(C)(C)C)n2)C1. The number of methoxy groups -OCH3 is 1. The van der Waals surface area contributed by atoms with Gasteiger partial charge in [0.15, 0.2) is 0 Å². The van der Waals surface area contributed by atoms with Crippen LogP contribution in [0.4, 0.5) is 5.82 Å². The number of rotatable bonds is 4. The zero-order valence-corrected chi connectivity index (χ0v) is 13.2. The van der Waals surface area contributed by atoms with Gasteiger partial charge >= 0.3 is 5.97 Å². The van der Waals surface area contributed by atoms with Gasteiger partial charge in [0.05, 0.1) is 12.2 Å². The van der Waals surface area contributed by atoms with Crippen molar-refractivity contribution in [3.8, 4) is 0 Å². The van der Waals surface area contributed by atoms with Gasteiger partial charge in [-0.2, -0.15) is 0 Å². The van der Waals surface area contributed by atoms with Crippen LogP contribution in [0.1, 0.15) is 43.2 Å². The summed E-state index contributed by atoms with van der Waals surface area (Å²) in [7, 11) is 1.71. The van der Waals surface area contributed by atoms with E-state index in [9.17, 15) is 9.90 Å². The van der Waals surface area contributed by atoms with Gasteiger partial charge in [0.1, 0.15) is 5.82 Å². The van der Waals surface area contributed by atoms with Crippen LogP contribution in [0, 0.1) is 5.92 Å². The van der Waals surface area contributed by atoms with E-state index in [1.54, 1.807) is 19.2 Å². The minimum absolute atomic E-state index is 0.175. The lowest BCUT2D eigenvalue weighted by Gasteiger charge is -2.23. The van der Waals surface area contributed by atoms with Gasteiger partial charge in [-0.05, 0) is 18.6 Å². The lowest BCUT2D eigenvalue weighted by atomic mass is 9.90. The Morgan fingerprint density at radius 1 is 1.48 bits per heavy atom. The molecule has 2 heterocycles. The number of carboxylic acid groups (broad SMARTS) is 1. The van der Waals surface area contributed by atoms with Crippen molar-refractivity contribution >= 4 is 11.8 Å². The number of hydrogen-bond acceptors (Lipinski definition) is 4. The van der Waals surface area contributed by atoms with E-state index in [4.69, 9.17) is 4.74 Å². The number of nitrogens with zero attached hydrogens (tertiary/aromatic N) is 2. The molecule has 0 aromatic carbocycles. The molecule has 1 atom stereocenters.